The van der Waals surface area contributed by atoms with Crippen LogP contribution in [-0.4, -0.2) is 18.5 Å². The van der Waals surface area contributed by atoms with E-state index >= 15 is 0 Å². The molecule has 0 aliphatic heterocycles. The molecule has 0 amide bonds. The van der Waals surface area contributed by atoms with Crippen molar-refractivity contribution in [3.8, 4) is 5.75 Å². The summed E-state index contributed by atoms with van der Waals surface area (Å²) >= 11 is 0. The monoisotopic (exact) mass is 548 g/mol. The van der Waals surface area contributed by atoms with Crippen molar-refractivity contribution in [2.75, 3.05) is 18.1 Å². The first-order valence-corrected chi connectivity index (χ1v) is 15.0. The molecule has 1 fully saturated rings. The largest absolute Gasteiger partial charge is 0.462 e. The zero-order valence-electron chi connectivity index (χ0n) is 24.6. The minimum atomic E-state index is -0.458. The highest BCUT2D eigenvalue weighted by atomic mass is 16.5. The number of carbonyl (C=O) groups excluding carboxylic acids is 2. The van der Waals surface area contributed by atoms with Gasteiger partial charge in [-0.2, -0.15) is 0 Å². The van der Waals surface area contributed by atoms with Crippen LogP contribution >= 0.6 is 0 Å². The lowest BCUT2D eigenvalue weighted by Gasteiger charge is -2.27. The first-order chi connectivity index (χ1) is 19.2. The van der Waals surface area contributed by atoms with Crippen LogP contribution in [-0.2, 0) is 19.7 Å². The van der Waals surface area contributed by atoms with Crippen molar-refractivity contribution >= 4 is 29.4 Å². The number of hydrogen-bond acceptors (Lipinski definition) is 6. The maximum Gasteiger partial charge on any atom is 0.330 e. The molecule has 3 rings (SSSR count). The fourth-order valence-electron chi connectivity index (χ4n) is 5.49. The highest BCUT2D eigenvalue weighted by Gasteiger charge is 2.28. The summed E-state index contributed by atoms with van der Waals surface area (Å²) in [6, 6.07) is 12.5. The molecule has 1 saturated carbocycles. The third-order valence-electron chi connectivity index (χ3n) is 8.04. The average molecular weight is 549 g/mol. The quantitative estimate of drug-likeness (QED) is 0.0819. The molecule has 2 aromatic rings. The van der Waals surface area contributed by atoms with Crippen LogP contribution in [0.4, 0.5) is 11.4 Å². The lowest BCUT2D eigenvalue weighted by atomic mass is 9.80. The molecule has 4 N–H and O–H groups in total. The van der Waals surface area contributed by atoms with E-state index in [4.69, 9.17) is 20.9 Å². The van der Waals surface area contributed by atoms with E-state index in [9.17, 15) is 9.59 Å². The molecule has 0 spiro atoms. The standard InChI is InChI=1S/C34H48N2O4/c1-4-5-6-7-8-9-10-25-11-16-27(17-12-25)33(38)40-29-19-13-26(14-20-29)15-22-32(37)39-24-34(2,3)30-21-18-28(35)23-31(30)36/h13-15,18-23,25,27H,4-12,16-17,24,35-36H2,1-3H3. The Morgan fingerprint density at radius 2 is 1.60 bits per heavy atom. The summed E-state index contributed by atoms with van der Waals surface area (Å²) in [7, 11) is 0. The molecule has 6 heteroatoms. The Labute approximate surface area is 240 Å². The summed E-state index contributed by atoms with van der Waals surface area (Å²) in [4.78, 5) is 25.0. The summed E-state index contributed by atoms with van der Waals surface area (Å²) in [5.74, 6) is 0.707. The Balaban J connectivity index is 1.38. The van der Waals surface area contributed by atoms with Gasteiger partial charge in [0.25, 0.3) is 0 Å². The van der Waals surface area contributed by atoms with Gasteiger partial charge in [-0.05, 0) is 73.1 Å². The molecule has 2 aromatic carbocycles. The first kappa shape index (κ1) is 31.3. The maximum atomic E-state index is 12.7. The van der Waals surface area contributed by atoms with Gasteiger partial charge >= 0.3 is 11.9 Å². The first-order valence-electron chi connectivity index (χ1n) is 15.0. The predicted molar refractivity (Wildman–Crippen MR) is 164 cm³/mol. The highest BCUT2D eigenvalue weighted by molar-refractivity contribution is 5.87. The van der Waals surface area contributed by atoms with Crippen LogP contribution in [0.2, 0.25) is 0 Å². The molecule has 6 nitrogen and oxygen atoms in total. The van der Waals surface area contributed by atoms with Gasteiger partial charge in [-0.25, -0.2) is 4.79 Å². The van der Waals surface area contributed by atoms with Crippen molar-refractivity contribution in [3.05, 3.63) is 59.7 Å². The Morgan fingerprint density at radius 1 is 0.925 bits per heavy atom. The van der Waals surface area contributed by atoms with Crippen LogP contribution < -0.4 is 16.2 Å². The Kier molecular flexibility index (Phi) is 12.1. The minimum Gasteiger partial charge on any atom is -0.462 e. The van der Waals surface area contributed by atoms with Crippen LogP contribution in [0.3, 0.4) is 0 Å². The van der Waals surface area contributed by atoms with E-state index in [0.29, 0.717) is 17.1 Å². The number of carbonyl (C=O) groups is 2. The van der Waals surface area contributed by atoms with Gasteiger partial charge in [0.2, 0.25) is 0 Å². The van der Waals surface area contributed by atoms with Gasteiger partial charge in [-0.1, -0.05) is 83.9 Å². The Hall–Kier alpha value is -3.28. The second-order valence-corrected chi connectivity index (χ2v) is 11.9. The third-order valence-corrected chi connectivity index (χ3v) is 8.04. The van der Waals surface area contributed by atoms with E-state index in [-0.39, 0.29) is 18.5 Å². The van der Waals surface area contributed by atoms with E-state index in [0.717, 1.165) is 42.7 Å². The second kappa shape index (κ2) is 15.5. The molecule has 40 heavy (non-hydrogen) atoms. The summed E-state index contributed by atoms with van der Waals surface area (Å²) < 4.78 is 11.1. The Bertz CT molecular complexity index is 1120. The second-order valence-electron chi connectivity index (χ2n) is 11.9. The predicted octanol–water partition coefficient (Wildman–Crippen LogP) is 7.85. The van der Waals surface area contributed by atoms with Crippen molar-refractivity contribution in [1.29, 1.82) is 0 Å². The number of ether oxygens (including phenoxy) is 2. The van der Waals surface area contributed by atoms with Gasteiger partial charge in [0.1, 0.15) is 12.4 Å². The van der Waals surface area contributed by atoms with E-state index in [1.807, 2.05) is 32.0 Å². The molecule has 0 atom stereocenters. The van der Waals surface area contributed by atoms with E-state index in [1.165, 1.54) is 51.0 Å². The smallest absolute Gasteiger partial charge is 0.330 e. The molecule has 0 unspecified atom stereocenters. The number of esters is 2. The zero-order valence-corrected chi connectivity index (χ0v) is 24.6. The highest BCUT2D eigenvalue weighted by Crippen LogP contribution is 2.33. The number of hydrogen-bond donors (Lipinski definition) is 2. The zero-order chi connectivity index (χ0) is 29.0. The van der Waals surface area contributed by atoms with Crippen molar-refractivity contribution in [2.24, 2.45) is 11.8 Å². The van der Waals surface area contributed by atoms with E-state index in [1.54, 1.807) is 30.3 Å². The topological polar surface area (TPSA) is 105 Å². The normalized spacial score (nSPS) is 17.6. The molecule has 0 aromatic heterocycles. The molecule has 0 heterocycles. The Morgan fingerprint density at radius 3 is 2.27 bits per heavy atom. The van der Waals surface area contributed by atoms with Gasteiger partial charge in [-0.3, -0.25) is 4.79 Å². The van der Waals surface area contributed by atoms with Crippen LogP contribution in [0.25, 0.3) is 6.08 Å². The fraction of sp³-hybridized carbons (Fsp3) is 0.529. The summed E-state index contributed by atoms with van der Waals surface area (Å²) in [6.45, 7) is 6.37. The number of nitrogens with two attached hydrogens (primary N) is 2. The number of nitrogen functional groups attached to an aromatic ring is 2. The van der Waals surface area contributed by atoms with Crippen LogP contribution in [0, 0.1) is 11.8 Å². The summed E-state index contributed by atoms with van der Waals surface area (Å²) in [6.07, 6.45) is 16.5. The molecular formula is C34H48N2O4. The molecule has 1 aliphatic carbocycles. The number of benzene rings is 2. The molecule has 1 aliphatic rings. The number of rotatable bonds is 14. The van der Waals surface area contributed by atoms with Gasteiger partial charge in [0.05, 0.1) is 5.92 Å². The van der Waals surface area contributed by atoms with Gasteiger partial charge in [0, 0.05) is 22.9 Å². The van der Waals surface area contributed by atoms with Gasteiger partial charge < -0.3 is 20.9 Å². The summed E-state index contributed by atoms with van der Waals surface area (Å²) in [5.41, 5.74) is 14.3. The molecule has 0 radical (unpaired) electrons. The summed E-state index contributed by atoms with van der Waals surface area (Å²) in [5, 5.41) is 0. The van der Waals surface area contributed by atoms with Crippen molar-refractivity contribution in [3.63, 3.8) is 0 Å². The van der Waals surface area contributed by atoms with Crippen molar-refractivity contribution in [2.45, 2.75) is 96.8 Å². The van der Waals surface area contributed by atoms with Crippen LogP contribution in [0.5, 0.6) is 5.75 Å². The fourth-order valence-corrected chi connectivity index (χ4v) is 5.49. The molecule has 0 saturated heterocycles. The number of unbranched alkanes of at least 4 members (excludes halogenated alkanes) is 5. The maximum absolute atomic E-state index is 12.7. The number of anilines is 2. The van der Waals surface area contributed by atoms with Crippen molar-refractivity contribution < 1.29 is 19.1 Å². The van der Waals surface area contributed by atoms with Gasteiger partial charge in [0.15, 0.2) is 0 Å². The third kappa shape index (κ3) is 10.0. The van der Waals surface area contributed by atoms with Gasteiger partial charge in [-0.15, -0.1) is 0 Å². The lowest BCUT2D eigenvalue weighted by Crippen LogP contribution is -2.27. The lowest BCUT2D eigenvalue weighted by molar-refractivity contribution is -0.140. The average Bonchev–Trinajstić information content (AvgIpc) is 2.93. The van der Waals surface area contributed by atoms with E-state index in [2.05, 4.69) is 6.92 Å². The van der Waals surface area contributed by atoms with Crippen LogP contribution in [0.1, 0.15) is 103 Å². The van der Waals surface area contributed by atoms with Crippen molar-refractivity contribution in [1.82, 2.24) is 0 Å². The molecular weight excluding hydrogens is 500 g/mol. The SMILES string of the molecule is CCCCCCCCC1CCC(C(=O)Oc2ccc(C=CC(=O)OCC(C)(C)c3ccc(N)cc3N)cc2)CC1. The molecule has 218 valence electrons. The minimum absolute atomic E-state index is 0.0111. The molecule has 0 bridgehead atoms. The van der Waals surface area contributed by atoms with E-state index < -0.39 is 11.4 Å². The van der Waals surface area contributed by atoms with Crippen LogP contribution in [0.15, 0.2) is 48.5 Å².